The number of nitrogens with zero attached hydrogens (tertiary/aromatic N) is 4. The number of carbonyl (C=O) groups excluding carboxylic acids is 1. The Balaban J connectivity index is 1.51. The molecule has 0 radical (unpaired) electrons. The van der Waals surface area contributed by atoms with Gasteiger partial charge in [-0.25, -0.2) is 9.37 Å². The van der Waals surface area contributed by atoms with E-state index in [1.54, 1.807) is 22.8 Å². The largest absolute Gasteiger partial charge is 0.333 e. The van der Waals surface area contributed by atoms with Crippen molar-refractivity contribution in [2.45, 2.75) is 33.2 Å². The van der Waals surface area contributed by atoms with Crippen LogP contribution in [0.5, 0.6) is 0 Å². The molecule has 186 valence electrons. The molecule has 2 aromatic carbocycles. The minimum atomic E-state index is -0.441. The number of amides is 1. The molecule has 3 heterocycles. The molecule has 0 unspecified atom stereocenters. The van der Waals surface area contributed by atoms with Crippen molar-refractivity contribution in [3.05, 3.63) is 94.2 Å². The predicted octanol–water partition coefficient (Wildman–Crippen LogP) is 5.32. The minimum Gasteiger partial charge on any atom is -0.333 e. The van der Waals surface area contributed by atoms with Crippen LogP contribution in [0.4, 0.5) is 10.1 Å². The number of nitrogens with one attached hydrogen (secondary N) is 1. The summed E-state index contributed by atoms with van der Waals surface area (Å²) < 4.78 is 20.6. The van der Waals surface area contributed by atoms with Gasteiger partial charge in [0.1, 0.15) is 23.6 Å². The van der Waals surface area contributed by atoms with Crippen molar-refractivity contribution in [1.82, 2.24) is 19.7 Å². The Bertz CT molecular complexity index is 1670. The Morgan fingerprint density at radius 3 is 2.59 bits per heavy atom. The van der Waals surface area contributed by atoms with Gasteiger partial charge in [0, 0.05) is 23.1 Å². The van der Waals surface area contributed by atoms with Crippen LogP contribution < -0.4 is 10.7 Å². The zero-order valence-corrected chi connectivity index (χ0v) is 20.5. The molecule has 0 atom stereocenters. The molecular formula is C28H24FN5O3. The summed E-state index contributed by atoms with van der Waals surface area (Å²) in [5, 5.41) is 7.11. The van der Waals surface area contributed by atoms with Crippen LogP contribution in [-0.4, -0.2) is 25.6 Å². The van der Waals surface area contributed by atoms with Crippen molar-refractivity contribution >= 4 is 22.6 Å². The molecule has 0 fully saturated rings. The Labute approximate surface area is 211 Å². The zero-order valence-electron chi connectivity index (χ0n) is 20.5. The molecule has 0 aliphatic rings. The average molecular weight is 498 g/mol. The van der Waals surface area contributed by atoms with Crippen LogP contribution in [0.2, 0.25) is 0 Å². The molecule has 0 bridgehead atoms. The van der Waals surface area contributed by atoms with Crippen molar-refractivity contribution < 1.29 is 13.7 Å². The van der Waals surface area contributed by atoms with E-state index >= 15 is 0 Å². The van der Waals surface area contributed by atoms with Crippen molar-refractivity contribution in [1.29, 1.82) is 0 Å². The first-order chi connectivity index (χ1) is 17.8. The lowest BCUT2D eigenvalue weighted by Gasteiger charge is -2.13. The molecule has 5 aromatic rings. The topological polar surface area (TPSA) is 103 Å². The van der Waals surface area contributed by atoms with E-state index in [1.807, 2.05) is 31.2 Å². The lowest BCUT2D eigenvalue weighted by molar-refractivity contribution is -0.116. The molecule has 1 N–H and O–H groups in total. The summed E-state index contributed by atoms with van der Waals surface area (Å²) in [6.07, 6.45) is 1.49. The van der Waals surface area contributed by atoms with Crippen LogP contribution in [0.25, 0.3) is 33.9 Å². The standard InChI is InChI=1S/C28H24FN5O3/c1-16(2)18-8-10-21(11-9-18)31-24(35)15-34-14-23(25(36)22-12-7-17(3)30-27(22)34)28-32-26(33-37-28)19-5-4-6-20(29)13-19/h4-14,16H,15H2,1-3H3,(H,31,35). The molecule has 0 aliphatic carbocycles. The van der Waals surface area contributed by atoms with Crippen LogP contribution in [0, 0.1) is 12.7 Å². The number of fused-ring (bicyclic) bond motifs is 1. The van der Waals surface area contributed by atoms with E-state index < -0.39 is 5.82 Å². The number of anilines is 1. The van der Waals surface area contributed by atoms with Gasteiger partial charge < -0.3 is 14.4 Å². The van der Waals surface area contributed by atoms with Gasteiger partial charge in [-0.15, -0.1) is 0 Å². The molecule has 1 amide bonds. The van der Waals surface area contributed by atoms with E-state index in [9.17, 15) is 14.0 Å². The van der Waals surface area contributed by atoms with Gasteiger partial charge in [0.05, 0.1) is 5.39 Å². The summed E-state index contributed by atoms with van der Waals surface area (Å²) in [4.78, 5) is 35.1. The molecule has 0 spiro atoms. The van der Waals surface area contributed by atoms with Crippen LogP contribution in [0.3, 0.4) is 0 Å². The number of aromatic nitrogens is 4. The highest BCUT2D eigenvalue weighted by molar-refractivity contribution is 5.92. The van der Waals surface area contributed by atoms with Gasteiger partial charge in [0.15, 0.2) is 0 Å². The molecule has 5 rings (SSSR count). The van der Waals surface area contributed by atoms with Crippen molar-refractivity contribution in [2.75, 3.05) is 5.32 Å². The summed E-state index contributed by atoms with van der Waals surface area (Å²) in [5.41, 5.74) is 3.07. The van der Waals surface area contributed by atoms with Gasteiger partial charge >= 0.3 is 0 Å². The summed E-state index contributed by atoms with van der Waals surface area (Å²) >= 11 is 0. The fourth-order valence-corrected chi connectivity index (χ4v) is 4.02. The first-order valence-electron chi connectivity index (χ1n) is 11.8. The second-order valence-electron chi connectivity index (χ2n) is 9.08. The van der Waals surface area contributed by atoms with E-state index in [1.165, 1.54) is 30.0 Å². The molecule has 3 aromatic heterocycles. The first kappa shape index (κ1) is 24.1. The quantitative estimate of drug-likeness (QED) is 0.340. The van der Waals surface area contributed by atoms with Crippen molar-refractivity contribution in [3.63, 3.8) is 0 Å². The molecule has 9 heteroatoms. The van der Waals surface area contributed by atoms with Gasteiger partial charge in [-0.05, 0) is 54.8 Å². The van der Waals surface area contributed by atoms with Gasteiger partial charge in [-0.1, -0.05) is 43.3 Å². The minimum absolute atomic E-state index is 0.0369. The highest BCUT2D eigenvalue weighted by Gasteiger charge is 2.19. The number of hydrogen-bond donors (Lipinski definition) is 1. The maximum absolute atomic E-state index is 13.7. The zero-order chi connectivity index (χ0) is 26.1. The fraction of sp³-hybridized carbons (Fsp3) is 0.179. The molecular weight excluding hydrogens is 473 g/mol. The van der Waals surface area contributed by atoms with Crippen LogP contribution >= 0.6 is 0 Å². The van der Waals surface area contributed by atoms with E-state index in [4.69, 9.17) is 4.52 Å². The highest BCUT2D eigenvalue weighted by atomic mass is 19.1. The van der Waals surface area contributed by atoms with Gasteiger partial charge in [0.2, 0.25) is 17.2 Å². The van der Waals surface area contributed by atoms with Gasteiger partial charge in [-0.2, -0.15) is 4.98 Å². The lowest BCUT2D eigenvalue weighted by Crippen LogP contribution is -2.22. The molecule has 0 saturated carbocycles. The molecule has 8 nitrogen and oxygen atoms in total. The highest BCUT2D eigenvalue weighted by Crippen LogP contribution is 2.23. The summed E-state index contributed by atoms with van der Waals surface area (Å²) in [7, 11) is 0. The third-order valence-electron chi connectivity index (χ3n) is 5.97. The Kier molecular flexibility index (Phi) is 6.35. The number of benzene rings is 2. The normalized spacial score (nSPS) is 11.3. The van der Waals surface area contributed by atoms with E-state index in [2.05, 4.69) is 34.3 Å². The number of pyridine rings is 2. The Morgan fingerprint density at radius 2 is 1.86 bits per heavy atom. The smallest absolute Gasteiger partial charge is 0.263 e. The lowest BCUT2D eigenvalue weighted by atomic mass is 10.0. The summed E-state index contributed by atoms with van der Waals surface area (Å²) in [6, 6.07) is 16.8. The Hall–Kier alpha value is -4.66. The summed E-state index contributed by atoms with van der Waals surface area (Å²) in [5.74, 6) is -0.239. The van der Waals surface area contributed by atoms with Gasteiger partial charge in [0.25, 0.3) is 5.89 Å². The number of aryl methyl sites for hydroxylation is 1. The maximum atomic E-state index is 13.7. The average Bonchev–Trinajstić information content (AvgIpc) is 3.36. The third kappa shape index (κ3) is 5.02. The van der Waals surface area contributed by atoms with Gasteiger partial charge in [-0.3, -0.25) is 9.59 Å². The van der Waals surface area contributed by atoms with E-state index in [0.717, 1.165) is 0 Å². The van der Waals surface area contributed by atoms with E-state index in [-0.39, 0.29) is 35.2 Å². The van der Waals surface area contributed by atoms with Crippen LogP contribution in [0.1, 0.15) is 31.0 Å². The second kappa shape index (κ2) is 9.77. The van der Waals surface area contributed by atoms with Crippen LogP contribution in [0.15, 0.2) is 76.2 Å². The maximum Gasteiger partial charge on any atom is 0.263 e. The molecule has 0 aliphatic heterocycles. The second-order valence-corrected chi connectivity index (χ2v) is 9.08. The first-order valence-corrected chi connectivity index (χ1v) is 11.8. The number of hydrogen-bond acceptors (Lipinski definition) is 6. The molecule has 0 saturated heterocycles. The summed E-state index contributed by atoms with van der Waals surface area (Å²) in [6.45, 7) is 5.91. The Morgan fingerprint density at radius 1 is 1.08 bits per heavy atom. The van der Waals surface area contributed by atoms with Crippen molar-refractivity contribution in [2.24, 2.45) is 0 Å². The monoisotopic (exact) mass is 497 g/mol. The van der Waals surface area contributed by atoms with Crippen molar-refractivity contribution in [3.8, 4) is 22.8 Å². The van der Waals surface area contributed by atoms with Crippen LogP contribution in [-0.2, 0) is 11.3 Å². The SMILES string of the molecule is Cc1ccc2c(=O)c(-c3nc(-c4cccc(F)c4)no3)cn(CC(=O)Nc3ccc(C(C)C)cc3)c2n1. The van der Waals surface area contributed by atoms with E-state index in [0.29, 0.717) is 33.9 Å². The number of carbonyl (C=O) groups is 1. The predicted molar refractivity (Wildman–Crippen MR) is 139 cm³/mol. The number of halogens is 1. The number of rotatable bonds is 6. The fourth-order valence-electron chi connectivity index (χ4n) is 4.02. The molecule has 37 heavy (non-hydrogen) atoms. The third-order valence-corrected chi connectivity index (χ3v) is 5.97.